The molecular weight excluding hydrogens is 1550 g/mol. The van der Waals surface area contributed by atoms with E-state index in [1.807, 2.05) is 126 Å². The van der Waals surface area contributed by atoms with Gasteiger partial charge in [-0.15, -0.1) is 0 Å². The average Bonchev–Trinajstić information content (AvgIpc) is 0.818. The van der Waals surface area contributed by atoms with Gasteiger partial charge in [0.1, 0.15) is 145 Å². The Labute approximate surface area is 738 Å². The number of ether oxygens (including phenoxy) is 6. The molecule has 4 aliphatic carbocycles. The number of nitrogens with zero attached hydrogens (tertiary/aromatic N) is 12. The van der Waals surface area contributed by atoms with Crippen LogP contribution in [0.4, 0.5) is 22.7 Å². The average molecular weight is 1660 g/mol. The summed E-state index contributed by atoms with van der Waals surface area (Å²) in [6.07, 6.45) is 31.6. The van der Waals surface area contributed by atoms with Crippen LogP contribution in [0.3, 0.4) is 0 Å². The highest BCUT2D eigenvalue weighted by Crippen LogP contribution is 2.43. The van der Waals surface area contributed by atoms with Gasteiger partial charge in [0, 0.05) is 69.1 Å². The van der Waals surface area contributed by atoms with Crippen molar-refractivity contribution in [1.82, 2.24) is 0 Å². The fourth-order valence-electron chi connectivity index (χ4n) is 15.9. The molecule has 0 saturated carbocycles. The topological polar surface area (TPSA) is 259 Å². The number of rotatable bonds is 34. The SMILES string of the molecule is Cc1cc(OCc2cc(OCCN(C)c3ccc(/C=C/C4=CC(=C(C#N)C#N)CCC4)cc3)cc(OCCN(C)c3ccc(/C=C/C4=CC(=C(C#N)C#N)CC(C)(C)C4)cc3)c2)cc(OCc2cc(OCCN(C)c3ccc(/C=C/C4=CC(=C(C#N)C#N)CC(C)(C)C4)cc3)cc(OCCN(C)c3ccc(/C=C/C4=CC(=C(C#N)C#N)CC(C)(C)C4)cc3)c2)c1. The second kappa shape index (κ2) is 43.2. The van der Waals surface area contributed by atoms with Crippen molar-refractivity contribution in [2.24, 2.45) is 16.2 Å². The Balaban J connectivity index is 0.762. The van der Waals surface area contributed by atoms with E-state index >= 15 is 0 Å². The highest BCUT2D eigenvalue weighted by Gasteiger charge is 2.30. The van der Waals surface area contributed by atoms with Gasteiger partial charge in [0.2, 0.25) is 0 Å². The molecule has 0 N–H and O–H groups in total. The van der Waals surface area contributed by atoms with Crippen LogP contribution in [0.2, 0.25) is 0 Å². The van der Waals surface area contributed by atoms with Gasteiger partial charge in [-0.05, 0) is 249 Å². The van der Waals surface area contributed by atoms with E-state index in [2.05, 4.69) is 243 Å². The standard InChI is InChI=1S/C107H108N12O6/c1-76-47-99(124-74-85-53-101(120-43-39-116(8)95-31-23-77(24-32-95)15-19-81-13-12-14-87(49-81)91(66-108)67-109)58-102(54-85)121-44-40-117(9)96-33-25-78(26-34-96)16-20-82-50-88(92(68-110)69-111)63-105(2,3)60-82)57-100(48-76)125-75-86-55-103(122-45-41-118(10)97-35-27-79(28-36-97)17-21-83-51-89(93(70-112)71-113)64-106(4,5)61-83)59-104(56-86)123-46-42-119(11)98-37-29-80(30-38-98)18-22-84-52-90(94(72-114)73-115)65-107(6,7)62-84/h15-38,47-59H,12-14,39-46,60-65,74-75H2,1-11H3/b19-15+,20-16+,21-17+,22-18+. The molecule has 0 atom stereocenters. The Morgan fingerprint density at radius 3 is 0.824 bits per heavy atom. The summed E-state index contributed by atoms with van der Waals surface area (Å²) in [4.78, 5) is 8.59. The Bertz CT molecular complexity index is 5620. The molecule has 0 fully saturated rings. The number of hydrogen-bond donors (Lipinski definition) is 0. The Morgan fingerprint density at radius 1 is 0.304 bits per heavy atom. The van der Waals surface area contributed by atoms with Crippen molar-refractivity contribution >= 4 is 47.1 Å². The lowest BCUT2D eigenvalue weighted by molar-refractivity contribution is 0.282. The zero-order valence-electron chi connectivity index (χ0n) is 73.6. The van der Waals surface area contributed by atoms with Crippen LogP contribution in [0.1, 0.15) is 138 Å². The van der Waals surface area contributed by atoms with Crippen LogP contribution in [-0.4, -0.2) is 80.8 Å². The van der Waals surface area contributed by atoms with Crippen molar-refractivity contribution in [3.63, 3.8) is 0 Å². The molecule has 7 aromatic rings. The van der Waals surface area contributed by atoms with Crippen molar-refractivity contribution in [1.29, 1.82) is 42.1 Å². The molecule has 0 amide bonds. The lowest BCUT2D eigenvalue weighted by Gasteiger charge is -2.30. The fourth-order valence-corrected chi connectivity index (χ4v) is 15.9. The molecular formula is C107H108N12O6. The molecule has 0 aromatic heterocycles. The number of allylic oxidation sites excluding steroid dienone is 20. The molecule has 11 rings (SSSR count). The van der Waals surface area contributed by atoms with Crippen LogP contribution in [-0.2, 0) is 13.2 Å². The molecule has 0 aliphatic heterocycles. The fraction of sp³-hybridized carbons (Fsp3) is 0.308. The zero-order valence-corrected chi connectivity index (χ0v) is 73.6. The third-order valence-electron chi connectivity index (χ3n) is 22.4. The van der Waals surface area contributed by atoms with Gasteiger partial charge in [-0.3, -0.25) is 0 Å². The molecule has 0 bridgehead atoms. The smallest absolute Gasteiger partial charge is 0.132 e. The minimum atomic E-state index is -0.0786. The van der Waals surface area contributed by atoms with Gasteiger partial charge >= 0.3 is 0 Å². The van der Waals surface area contributed by atoms with E-state index in [1.54, 1.807) is 0 Å². The van der Waals surface area contributed by atoms with Crippen LogP contribution in [0.25, 0.3) is 24.3 Å². The number of likely N-dealkylation sites (N-methyl/N-ethyl adjacent to an activating group) is 4. The van der Waals surface area contributed by atoms with E-state index in [0.717, 1.165) is 145 Å². The quantitative estimate of drug-likeness (QED) is 0.0339. The van der Waals surface area contributed by atoms with Gasteiger partial charge in [0.05, 0.1) is 26.2 Å². The van der Waals surface area contributed by atoms with Crippen molar-refractivity contribution < 1.29 is 28.4 Å². The van der Waals surface area contributed by atoms with Gasteiger partial charge in [-0.2, -0.15) is 42.1 Å². The largest absolute Gasteiger partial charge is 0.492 e. The summed E-state index contributed by atoms with van der Waals surface area (Å²) >= 11 is 0. The van der Waals surface area contributed by atoms with E-state index < -0.39 is 0 Å². The highest BCUT2D eigenvalue weighted by molar-refractivity contribution is 5.65. The van der Waals surface area contributed by atoms with E-state index in [4.69, 9.17) is 28.4 Å². The maximum absolute atomic E-state index is 9.62. The molecule has 7 aromatic carbocycles. The summed E-state index contributed by atoms with van der Waals surface area (Å²) in [5.41, 5.74) is 18.7. The summed E-state index contributed by atoms with van der Waals surface area (Å²) in [7, 11) is 8.15. The number of benzene rings is 7. The molecule has 125 heavy (non-hydrogen) atoms. The Morgan fingerprint density at radius 2 is 0.552 bits per heavy atom. The maximum Gasteiger partial charge on any atom is 0.132 e. The Hall–Kier alpha value is -14.7. The van der Waals surface area contributed by atoms with Gasteiger partial charge in [0.25, 0.3) is 0 Å². The second-order valence-corrected chi connectivity index (χ2v) is 34.7. The molecule has 18 heteroatoms. The number of anilines is 4. The van der Waals surface area contributed by atoms with E-state index in [1.165, 1.54) is 0 Å². The third kappa shape index (κ3) is 27.2. The summed E-state index contributed by atoms with van der Waals surface area (Å²) in [6, 6.07) is 67.5. The van der Waals surface area contributed by atoms with Crippen LogP contribution in [0.15, 0.2) is 267 Å². The van der Waals surface area contributed by atoms with Crippen molar-refractivity contribution in [3.05, 3.63) is 306 Å². The molecule has 0 unspecified atom stereocenters. The normalized spacial score (nSPS) is 15.0. The van der Waals surface area contributed by atoms with Crippen LogP contribution in [0, 0.1) is 114 Å². The number of aryl methyl sites for hydroxylation is 1. The molecule has 0 spiro atoms. The van der Waals surface area contributed by atoms with Crippen LogP contribution < -0.4 is 48.0 Å². The molecule has 0 heterocycles. The maximum atomic E-state index is 9.62. The Kier molecular flexibility index (Phi) is 31.5. The first-order chi connectivity index (χ1) is 60.2. The minimum absolute atomic E-state index is 0.0780. The summed E-state index contributed by atoms with van der Waals surface area (Å²) in [5.74, 6) is 3.74. The first-order valence-electron chi connectivity index (χ1n) is 42.3. The summed E-state index contributed by atoms with van der Waals surface area (Å²) in [5, 5.41) is 76.6. The first kappa shape index (κ1) is 91.1. The lowest BCUT2D eigenvalue weighted by Crippen LogP contribution is -2.24. The summed E-state index contributed by atoms with van der Waals surface area (Å²) in [6.45, 7) is 19.2. The zero-order chi connectivity index (χ0) is 89.1. The predicted octanol–water partition coefficient (Wildman–Crippen LogP) is 23.0. The first-order valence-corrected chi connectivity index (χ1v) is 42.3. The minimum Gasteiger partial charge on any atom is -0.492 e. The second-order valence-electron chi connectivity index (χ2n) is 34.7. The number of hydrogen-bond acceptors (Lipinski definition) is 18. The van der Waals surface area contributed by atoms with Crippen molar-refractivity contribution in [2.45, 2.75) is 119 Å². The van der Waals surface area contributed by atoms with Crippen molar-refractivity contribution in [3.8, 4) is 83.1 Å². The molecule has 18 nitrogen and oxygen atoms in total. The highest BCUT2D eigenvalue weighted by atomic mass is 16.5. The molecule has 632 valence electrons. The van der Waals surface area contributed by atoms with Gasteiger partial charge in [-0.25, -0.2) is 0 Å². The van der Waals surface area contributed by atoms with E-state index in [0.29, 0.717) is 106 Å². The molecule has 0 radical (unpaired) electrons. The summed E-state index contributed by atoms with van der Waals surface area (Å²) < 4.78 is 39.5. The van der Waals surface area contributed by atoms with Crippen LogP contribution in [0.5, 0.6) is 34.5 Å². The molecule has 0 saturated heterocycles. The van der Waals surface area contributed by atoms with Crippen molar-refractivity contribution in [2.75, 3.05) is 100 Å². The number of nitriles is 8. The van der Waals surface area contributed by atoms with Gasteiger partial charge < -0.3 is 48.0 Å². The molecule has 4 aliphatic rings. The van der Waals surface area contributed by atoms with Crippen LogP contribution >= 0.6 is 0 Å². The monoisotopic (exact) mass is 1660 g/mol. The van der Waals surface area contributed by atoms with Gasteiger partial charge in [-0.1, -0.05) is 163 Å². The van der Waals surface area contributed by atoms with E-state index in [9.17, 15) is 42.1 Å². The predicted molar refractivity (Wildman–Crippen MR) is 498 cm³/mol. The lowest BCUT2D eigenvalue weighted by atomic mass is 9.74. The van der Waals surface area contributed by atoms with Gasteiger partial charge in [0.15, 0.2) is 0 Å². The van der Waals surface area contributed by atoms with E-state index in [-0.39, 0.29) is 51.8 Å². The third-order valence-corrected chi connectivity index (χ3v) is 22.4.